The van der Waals surface area contributed by atoms with Crippen LogP contribution in [0.1, 0.15) is 17.2 Å². The molecule has 3 nitrogen and oxygen atoms in total. The molecule has 1 atom stereocenters. The maximum absolute atomic E-state index is 13.1. The average Bonchev–Trinajstić information content (AvgIpc) is 2.41. The number of halogens is 3. The van der Waals surface area contributed by atoms with Crippen LogP contribution in [0.3, 0.4) is 0 Å². The van der Waals surface area contributed by atoms with Crippen molar-refractivity contribution >= 4 is 37.5 Å². The van der Waals surface area contributed by atoms with Crippen molar-refractivity contribution < 1.29 is 4.39 Å². The summed E-state index contributed by atoms with van der Waals surface area (Å²) in [6.07, 6.45) is 0.595. The van der Waals surface area contributed by atoms with E-state index < -0.39 is 0 Å². The number of benzene rings is 2. The van der Waals surface area contributed by atoms with Crippen LogP contribution in [0, 0.1) is 5.82 Å². The molecule has 0 aromatic heterocycles. The number of nitrogens with two attached hydrogens (primary N) is 2. The standard InChI is InChI=1S/C14H14Br2FN3/c15-9-2-4-13(18)11(6-9)14(20-19)5-8-1-3-10(17)7-12(8)16/h1-4,6-7,14,20H,5,18-19H2. The predicted octanol–water partition coefficient (Wildman–Crippen LogP) is 3.68. The van der Waals surface area contributed by atoms with E-state index in [4.69, 9.17) is 11.6 Å². The van der Waals surface area contributed by atoms with Gasteiger partial charge in [0.05, 0.1) is 6.04 Å². The first-order chi connectivity index (χ1) is 9.51. The summed E-state index contributed by atoms with van der Waals surface area (Å²) in [5.41, 5.74) is 11.3. The smallest absolute Gasteiger partial charge is 0.124 e. The lowest BCUT2D eigenvalue weighted by Crippen LogP contribution is -2.30. The molecule has 106 valence electrons. The first-order valence-electron chi connectivity index (χ1n) is 5.96. The van der Waals surface area contributed by atoms with Crippen molar-refractivity contribution in [1.82, 2.24) is 5.43 Å². The first-order valence-corrected chi connectivity index (χ1v) is 7.55. The fourth-order valence-corrected chi connectivity index (χ4v) is 2.90. The highest BCUT2D eigenvalue weighted by Crippen LogP contribution is 2.29. The lowest BCUT2D eigenvalue weighted by atomic mass is 9.98. The third-order valence-corrected chi connectivity index (χ3v) is 4.30. The van der Waals surface area contributed by atoms with Gasteiger partial charge in [0, 0.05) is 14.6 Å². The van der Waals surface area contributed by atoms with Crippen LogP contribution in [0.25, 0.3) is 0 Å². The van der Waals surface area contributed by atoms with Crippen molar-refractivity contribution in [1.29, 1.82) is 0 Å². The molecule has 0 fully saturated rings. The molecule has 0 radical (unpaired) electrons. The van der Waals surface area contributed by atoms with E-state index in [2.05, 4.69) is 37.3 Å². The Morgan fingerprint density at radius 3 is 2.55 bits per heavy atom. The van der Waals surface area contributed by atoms with Crippen LogP contribution in [0.5, 0.6) is 0 Å². The Hall–Kier alpha value is -0.950. The first kappa shape index (κ1) is 15.4. The Kier molecular flexibility index (Phi) is 5.15. The largest absolute Gasteiger partial charge is 0.398 e. The van der Waals surface area contributed by atoms with Gasteiger partial charge in [-0.05, 0) is 47.9 Å². The lowest BCUT2D eigenvalue weighted by molar-refractivity contribution is 0.551. The molecular weight excluding hydrogens is 389 g/mol. The summed E-state index contributed by atoms with van der Waals surface area (Å²) in [5.74, 6) is 5.36. The van der Waals surface area contributed by atoms with Crippen molar-refractivity contribution in [2.75, 3.05) is 5.73 Å². The summed E-state index contributed by atoms with van der Waals surface area (Å²) in [7, 11) is 0. The van der Waals surface area contributed by atoms with Gasteiger partial charge >= 0.3 is 0 Å². The summed E-state index contributed by atoms with van der Waals surface area (Å²) in [6, 6.07) is 10.1. The zero-order valence-electron chi connectivity index (χ0n) is 10.5. The number of hydrazine groups is 1. The molecule has 0 amide bonds. The van der Waals surface area contributed by atoms with Gasteiger partial charge in [-0.25, -0.2) is 4.39 Å². The second kappa shape index (κ2) is 6.67. The molecule has 20 heavy (non-hydrogen) atoms. The van der Waals surface area contributed by atoms with Crippen molar-refractivity contribution in [3.05, 3.63) is 62.3 Å². The quantitative estimate of drug-likeness (QED) is 0.415. The van der Waals surface area contributed by atoms with Crippen molar-refractivity contribution in [2.24, 2.45) is 5.84 Å². The van der Waals surface area contributed by atoms with Crippen LogP contribution < -0.4 is 17.0 Å². The SMILES string of the molecule is NNC(Cc1ccc(F)cc1Br)c1cc(Br)ccc1N. The molecule has 0 heterocycles. The number of anilines is 1. The summed E-state index contributed by atoms with van der Waals surface area (Å²) in [6.45, 7) is 0. The van der Waals surface area contributed by atoms with Crippen LogP contribution in [-0.4, -0.2) is 0 Å². The number of hydrogen-bond acceptors (Lipinski definition) is 3. The van der Waals surface area contributed by atoms with Crippen LogP contribution in [0.2, 0.25) is 0 Å². The minimum absolute atomic E-state index is 0.158. The van der Waals surface area contributed by atoms with E-state index in [0.717, 1.165) is 15.6 Å². The number of rotatable bonds is 4. The van der Waals surface area contributed by atoms with Gasteiger partial charge in [-0.15, -0.1) is 0 Å². The topological polar surface area (TPSA) is 64.1 Å². The molecule has 2 aromatic rings. The third kappa shape index (κ3) is 3.58. The Labute approximate surface area is 133 Å². The van der Waals surface area contributed by atoms with E-state index in [-0.39, 0.29) is 11.9 Å². The van der Waals surface area contributed by atoms with E-state index in [1.54, 1.807) is 6.07 Å². The third-order valence-electron chi connectivity index (χ3n) is 3.06. The van der Waals surface area contributed by atoms with Crippen LogP contribution in [-0.2, 0) is 6.42 Å². The fourth-order valence-electron chi connectivity index (χ4n) is 2.01. The van der Waals surface area contributed by atoms with E-state index in [1.165, 1.54) is 12.1 Å². The zero-order valence-corrected chi connectivity index (χ0v) is 13.7. The molecule has 0 saturated carbocycles. The van der Waals surface area contributed by atoms with Gasteiger partial charge in [-0.3, -0.25) is 11.3 Å². The second-order valence-corrected chi connectivity index (χ2v) is 6.20. The number of nitrogens with one attached hydrogen (secondary N) is 1. The van der Waals surface area contributed by atoms with E-state index in [0.29, 0.717) is 16.6 Å². The zero-order chi connectivity index (χ0) is 14.7. The van der Waals surface area contributed by atoms with E-state index in [1.807, 2.05) is 18.2 Å². The molecule has 0 bridgehead atoms. The summed E-state index contributed by atoms with van der Waals surface area (Å²) >= 11 is 6.78. The van der Waals surface area contributed by atoms with Gasteiger partial charge in [0.25, 0.3) is 0 Å². The van der Waals surface area contributed by atoms with Gasteiger partial charge in [-0.1, -0.05) is 37.9 Å². The Morgan fingerprint density at radius 2 is 1.90 bits per heavy atom. The molecule has 0 spiro atoms. The number of hydrogen-bond donors (Lipinski definition) is 3. The minimum atomic E-state index is -0.278. The summed E-state index contributed by atoms with van der Waals surface area (Å²) < 4.78 is 14.8. The Bertz CT molecular complexity index is 619. The Balaban J connectivity index is 2.31. The molecule has 0 aliphatic heterocycles. The van der Waals surface area contributed by atoms with Crippen LogP contribution >= 0.6 is 31.9 Å². The fraction of sp³-hybridized carbons (Fsp3) is 0.143. The highest BCUT2D eigenvalue weighted by atomic mass is 79.9. The molecule has 6 heteroatoms. The predicted molar refractivity (Wildman–Crippen MR) is 86.4 cm³/mol. The second-order valence-electron chi connectivity index (χ2n) is 4.43. The van der Waals surface area contributed by atoms with Gasteiger partial charge in [-0.2, -0.15) is 0 Å². The summed E-state index contributed by atoms with van der Waals surface area (Å²) in [5, 5.41) is 0. The van der Waals surface area contributed by atoms with Crippen molar-refractivity contribution in [3.63, 3.8) is 0 Å². The maximum Gasteiger partial charge on any atom is 0.124 e. The molecule has 2 aromatic carbocycles. The molecule has 5 N–H and O–H groups in total. The van der Waals surface area contributed by atoms with Gasteiger partial charge in [0.2, 0.25) is 0 Å². The molecule has 0 saturated heterocycles. The van der Waals surface area contributed by atoms with Crippen molar-refractivity contribution in [3.8, 4) is 0 Å². The van der Waals surface area contributed by atoms with E-state index >= 15 is 0 Å². The highest BCUT2D eigenvalue weighted by molar-refractivity contribution is 9.10. The average molecular weight is 403 g/mol. The lowest BCUT2D eigenvalue weighted by Gasteiger charge is -2.19. The van der Waals surface area contributed by atoms with Crippen LogP contribution in [0.15, 0.2) is 45.3 Å². The molecule has 0 aliphatic carbocycles. The van der Waals surface area contributed by atoms with Gasteiger partial charge in [0.1, 0.15) is 5.82 Å². The monoisotopic (exact) mass is 401 g/mol. The van der Waals surface area contributed by atoms with Gasteiger partial charge in [0.15, 0.2) is 0 Å². The number of nitrogen functional groups attached to an aromatic ring is 1. The Morgan fingerprint density at radius 1 is 1.15 bits per heavy atom. The minimum Gasteiger partial charge on any atom is -0.398 e. The van der Waals surface area contributed by atoms with E-state index in [9.17, 15) is 4.39 Å². The van der Waals surface area contributed by atoms with Gasteiger partial charge < -0.3 is 5.73 Å². The maximum atomic E-state index is 13.1. The van der Waals surface area contributed by atoms with Crippen molar-refractivity contribution in [2.45, 2.75) is 12.5 Å². The summed E-state index contributed by atoms with van der Waals surface area (Å²) in [4.78, 5) is 0. The van der Waals surface area contributed by atoms with Crippen LogP contribution in [0.4, 0.5) is 10.1 Å². The molecule has 2 rings (SSSR count). The molecule has 0 aliphatic rings. The molecule has 1 unspecified atom stereocenters. The molecular formula is C14H14Br2FN3. The highest BCUT2D eigenvalue weighted by Gasteiger charge is 2.15. The normalized spacial score (nSPS) is 12.4.